The van der Waals surface area contributed by atoms with Crippen LogP contribution in [0.15, 0.2) is 47.5 Å². The summed E-state index contributed by atoms with van der Waals surface area (Å²) < 4.78 is 10.8. The molecule has 2 N–H and O–H groups in total. The topological polar surface area (TPSA) is 58.1 Å². The minimum Gasteiger partial charge on any atom is -0.497 e. The summed E-state index contributed by atoms with van der Waals surface area (Å²) in [6, 6.07) is 15.0. The van der Waals surface area contributed by atoms with Crippen molar-refractivity contribution in [3.8, 4) is 11.5 Å². The van der Waals surface area contributed by atoms with E-state index in [9.17, 15) is 0 Å². The quantitative estimate of drug-likeness (QED) is 0.557. The molecular weight excluding hydrogens is 364 g/mol. The Morgan fingerprint density at radius 3 is 2.52 bits per heavy atom. The van der Waals surface area contributed by atoms with Crippen LogP contribution in [0.1, 0.15) is 23.1 Å². The first kappa shape index (κ1) is 21.0. The highest BCUT2D eigenvalue weighted by molar-refractivity contribution is 5.80. The number of nitrogens with one attached hydrogen (secondary N) is 2. The summed E-state index contributed by atoms with van der Waals surface area (Å²) in [6.45, 7) is 5.78. The third-order valence-corrected chi connectivity index (χ3v) is 5.20. The summed E-state index contributed by atoms with van der Waals surface area (Å²) in [5.41, 5.74) is 3.73. The fraction of sp³-hybridized carbons (Fsp3) is 0.435. The Balaban J connectivity index is 1.51. The number of hydrogen-bond donors (Lipinski definition) is 2. The molecule has 1 saturated heterocycles. The fourth-order valence-electron chi connectivity index (χ4n) is 3.71. The van der Waals surface area contributed by atoms with Gasteiger partial charge in [-0.1, -0.05) is 29.8 Å². The van der Waals surface area contributed by atoms with E-state index in [2.05, 4.69) is 63.8 Å². The second-order valence-corrected chi connectivity index (χ2v) is 7.50. The Morgan fingerprint density at radius 2 is 1.86 bits per heavy atom. The van der Waals surface area contributed by atoms with Gasteiger partial charge >= 0.3 is 0 Å². The lowest BCUT2D eigenvalue weighted by Gasteiger charge is -2.19. The van der Waals surface area contributed by atoms with E-state index in [4.69, 9.17) is 9.47 Å². The molecule has 1 aliphatic rings. The Bertz CT molecular complexity index is 815. The molecule has 6 heteroatoms. The van der Waals surface area contributed by atoms with Crippen molar-refractivity contribution in [3.05, 3.63) is 59.2 Å². The molecule has 156 valence electrons. The highest BCUT2D eigenvalue weighted by Gasteiger charge is 2.23. The van der Waals surface area contributed by atoms with E-state index in [-0.39, 0.29) is 0 Å². The van der Waals surface area contributed by atoms with E-state index >= 15 is 0 Å². The van der Waals surface area contributed by atoms with E-state index in [0.717, 1.165) is 50.1 Å². The normalized spacial score (nSPS) is 17.2. The number of methoxy groups -OCH3 is 2. The van der Waals surface area contributed by atoms with Crippen LogP contribution in [0.5, 0.6) is 11.5 Å². The fourth-order valence-corrected chi connectivity index (χ4v) is 3.71. The highest BCUT2D eigenvalue weighted by Crippen LogP contribution is 2.24. The lowest BCUT2D eigenvalue weighted by atomic mass is 10.1. The number of aliphatic imine (C=N–C) groups is 1. The summed E-state index contributed by atoms with van der Waals surface area (Å²) in [6.07, 6.45) is 1.09. The van der Waals surface area contributed by atoms with Crippen LogP contribution in [0.25, 0.3) is 0 Å². The zero-order valence-corrected chi connectivity index (χ0v) is 17.9. The minimum absolute atomic E-state index is 0.381. The average Bonchev–Trinajstić information content (AvgIpc) is 3.17. The molecule has 0 radical (unpaired) electrons. The van der Waals surface area contributed by atoms with Crippen molar-refractivity contribution in [1.29, 1.82) is 0 Å². The van der Waals surface area contributed by atoms with Crippen LogP contribution in [-0.2, 0) is 13.1 Å². The van der Waals surface area contributed by atoms with Crippen LogP contribution in [0.2, 0.25) is 0 Å². The van der Waals surface area contributed by atoms with Gasteiger partial charge < -0.3 is 20.1 Å². The van der Waals surface area contributed by atoms with E-state index in [1.165, 1.54) is 16.7 Å². The Kier molecular flexibility index (Phi) is 7.36. The van der Waals surface area contributed by atoms with E-state index < -0.39 is 0 Å². The molecule has 2 aromatic rings. The number of hydrogen-bond acceptors (Lipinski definition) is 4. The maximum atomic E-state index is 5.39. The number of ether oxygens (including phenoxy) is 2. The summed E-state index contributed by atoms with van der Waals surface area (Å²) in [5.74, 6) is 2.50. The standard InChI is InChI=1S/C23H32N4O2/c1-17-6-5-7-18(10-17)14-25-23(24-2)26-20-8-9-27(16-20)15-19-11-21(28-3)13-22(12-19)29-4/h5-7,10-13,20H,8-9,14-16H2,1-4H3,(H2,24,25,26). The Morgan fingerprint density at radius 1 is 1.10 bits per heavy atom. The summed E-state index contributed by atoms with van der Waals surface area (Å²) in [5, 5.41) is 6.98. The first-order chi connectivity index (χ1) is 14.1. The highest BCUT2D eigenvalue weighted by atomic mass is 16.5. The smallest absolute Gasteiger partial charge is 0.191 e. The number of nitrogens with zero attached hydrogens (tertiary/aromatic N) is 2. The maximum Gasteiger partial charge on any atom is 0.191 e. The first-order valence-electron chi connectivity index (χ1n) is 10.1. The van der Waals surface area contributed by atoms with Gasteiger partial charge in [0.25, 0.3) is 0 Å². The third-order valence-electron chi connectivity index (χ3n) is 5.20. The predicted octanol–water partition coefficient (Wildman–Crippen LogP) is 2.95. The van der Waals surface area contributed by atoms with Gasteiger partial charge in [-0.05, 0) is 36.6 Å². The van der Waals surface area contributed by atoms with Crippen molar-refractivity contribution in [2.24, 2.45) is 4.99 Å². The predicted molar refractivity (Wildman–Crippen MR) is 118 cm³/mol. The molecule has 1 aliphatic heterocycles. The largest absolute Gasteiger partial charge is 0.497 e. The van der Waals surface area contributed by atoms with Gasteiger partial charge in [-0.15, -0.1) is 0 Å². The van der Waals surface area contributed by atoms with Gasteiger partial charge in [-0.3, -0.25) is 9.89 Å². The lowest BCUT2D eigenvalue weighted by molar-refractivity contribution is 0.321. The molecule has 0 spiro atoms. The lowest BCUT2D eigenvalue weighted by Crippen LogP contribution is -2.44. The maximum absolute atomic E-state index is 5.39. The number of guanidine groups is 1. The molecule has 2 aromatic carbocycles. The van der Waals surface area contributed by atoms with Gasteiger partial charge in [0.05, 0.1) is 14.2 Å². The van der Waals surface area contributed by atoms with Crippen molar-refractivity contribution in [2.45, 2.75) is 32.5 Å². The van der Waals surface area contributed by atoms with Crippen molar-refractivity contribution >= 4 is 5.96 Å². The Hall–Kier alpha value is -2.73. The van der Waals surface area contributed by atoms with Crippen molar-refractivity contribution in [1.82, 2.24) is 15.5 Å². The van der Waals surface area contributed by atoms with Gasteiger partial charge in [-0.2, -0.15) is 0 Å². The number of aryl methyl sites for hydroxylation is 1. The zero-order valence-electron chi connectivity index (χ0n) is 17.9. The molecule has 1 heterocycles. The second-order valence-electron chi connectivity index (χ2n) is 7.50. The van der Waals surface area contributed by atoms with Gasteiger partial charge in [0, 0.05) is 45.3 Å². The molecule has 0 aromatic heterocycles. The van der Waals surface area contributed by atoms with Crippen LogP contribution in [0.3, 0.4) is 0 Å². The number of rotatable bonds is 7. The molecule has 1 fully saturated rings. The van der Waals surface area contributed by atoms with Crippen LogP contribution in [-0.4, -0.2) is 51.3 Å². The Labute approximate surface area is 173 Å². The molecule has 1 unspecified atom stereocenters. The minimum atomic E-state index is 0.381. The second kappa shape index (κ2) is 10.2. The molecule has 0 amide bonds. The summed E-state index contributed by atoms with van der Waals surface area (Å²) in [4.78, 5) is 6.83. The average molecular weight is 397 g/mol. The third kappa shape index (κ3) is 6.12. The molecule has 1 atom stereocenters. The number of likely N-dealkylation sites (tertiary alicyclic amines) is 1. The van der Waals surface area contributed by atoms with Gasteiger partial charge in [-0.25, -0.2) is 0 Å². The van der Waals surface area contributed by atoms with Gasteiger partial charge in [0.2, 0.25) is 0 Å². The number of benzene rings is 2. The van der Waals surface area contributed by atoms with Gasteiger partial charge in [0.1, 0.15) is 11.5 Å². The van der Waals surface area contributed by atoms with Crippen LogP contribution in [0.4, 0.5) is 0 Å². The van der Waals surface area contributed by atoms with E-state index in [1.54, 1.807) is 14.2 Å². The van der Waals surface area contributed by atoms with Crippen molar-refractivity contribution < 1.29 is 9.47 Å². The monoisotopic (exact) mass is 396 g/mol. The molecule has 0 aliphatic carbocycles. The molecule has 0 bridgehead atoms. The SMILES string of the molecule is CN=C(NCc1cccc(C)c1)NC1CCN(Cc2cc(OC)cc(OC)c2)C1. The summed E-state index contributed by atoms with van der Waals surface area (Å²) in [7, 11) is 5.19. The van der Waals surface area contributed by atoms with Crippen molar-refractivity contribution in [3.63, 3.8) is 0 Å². The summed E-state index contributed by atoms with van der Waals surface area (Å²) >= 11 is 0. The first-order valence-corrected chi connectivity index (χ1v) is 10.1. The zero-order chi connectivity index (χ0) is 20.6. The van der Waals surface area contributed by atoms with Crippen LogP contribution >= 0.6 is 0 Å². The van der Waals surface area contributed by atoms with Crippen molar-refractivity contribution in [2.75, 3.05) is 34.4 Å². The van der Waals surface area contributed by atoms with Crippen LogP contribution in [0, 0.1) is 6.92 Å². The molecule has 6 nitrogen and oxygen atoms in total. The van der Waals surface area contributed by atoms with Crippen LogP contribution < -0.4 is 20.1 Å². The van der Waals surface area contributed by atoms with E-state index in [1.807, 2.05) is 13.1 Å². The van der Waals surface area contributed by atoms with E-state index in [0.29, 0.717) is 6.04 Å². The molecule has 0 saturated carbocycles. The van der Waals surface area contributed by atoms with Gasteiger partial charge in [0.15, 0.2) is 5.96 Å². The molecular formula is C23H32N4O2. The molecule has 3 rings (SSSR count). The molecule has 29 heavy (non-hydrogen) atoms.